The average Bonchev–Trinajstić information content (AvgIpc) is 3.18. The zero-order chi connectivity index (χ0) is 14.4. The van der Waals surface area contributed by atoms with Crippen LogP contribution < -0.4 is 5.32 Å². The molecule has 21 heavy (non-hydrogen) atoms. The first-order valence-corrected chi connectivity index (χ1v) is 8.05. The molecule has 2 saturated carbocycles. The van der Waals surface area contributed by atoms with E-state index in [1.165, 1.54) is 12.8 Å². The molecule has 1 aromatic heterocycles. The number of carbonyl (C=O) groups excluding carboxylic acids is 1. The lowest BCUT2D eigenvalue weighted by Gasteiger charge is -2.37. The van der Waals surface area contributed by atoms with Gasteiger partial charge in [0.2, 0.25) is 5.91 Å². The smallest absolute Gasteiger partial charge is 0.243 e. The van der Waals surface area contributed by atoms with Crippen LogP contribution in [0.25, 0.3) is 0 Å². The highest BCUT2D eigenvalue weighted by Gasteiger charge is 2.52. The van der Waals surface area contributed by atoms with Gasteiger partial charge in [-0.05, 0) is 25.7 Å². The average molecular weight is 284 g/mol. The summed E-state index contributed by atoms with van der Waals surface area (Å²) < 4.78 is 2.02. The quantitative estimate of drug-likeness (QED) is 0.862. The minimum absolute atomic E-state index is 0.133. The Labute approximate surface area is 124 Å². The van der Waals surface area contributed by atoms with E-state index in [4.69, 9.17) is 0 Å². The van der Waals surface area contributed by atoms with Crippen LogP contribution in [0.5, 0.6) is 0 Å². The number of nitriles is 1. The predicted molar refractivity (Wildman–Crippen MR) is 77.6 cm³/mol. The molecule has 0 radical (unpaired) electrons. The molecule has 0 saturated heterocycles. The van der Waals surface area contributed by atoms with Crippen LogP contribution in [0.15, 0.2) is 6.20 Å². The molecule has 1 unspecified atom stereocenters. The Morgan fingerprint density at radius 3 is 2.67 bits per heavy atom. The highest BCUT2D eigenvalue weighted by molar-refractivity contribution is 5.98. The van der Waals surface area contributed by atoms with E-state index in [0.717, 1.165) is 49.9 Å². The van der Waals surface area contributed by atoms with Gasteiger partial charge in [0.05, 0.1) is 18.3 Å². The van der Waals surface area contributed by atoms with Crippen molar-refractivity contribution in [3.05, 3.63) is 11.8 Å². The van der Waals surface area contributed by atoms with Gasteiger partial charge in [-0.25, -0.2) is 4.68 Å². The van der Waals surface area contributed by atoms with Crippen molar-refractivity contribution >= 4 is 11.7 Å². The van der Waals surface area contributed by atoms with E-state index in [1.54, 1.807) is 0 Å². The summed E-state index contributed by atoms with van der Waals surface area (Å²) in [4.78, 5) is 12.4. The standard InChI is InChI=1S/C16H20N4O/c17-9-12-15(21)19-14-13(16(12)7-3-4-8-16)10-18-20(14)11-5-1-2-6-11/h10-12H,1-8H2,(H,19,21). The van der Waals surface area contributed by atoms with Crippen LogP contribution in [0.1, 0.15) is 63.0 Å². The second kappa shape index (κ2) is 4.59. The molecule has 1 N–H and O–H groups in total. The van der Waals surface area contributed by atoms with Gasteiger partial charge in [-0.15, -0.1) is 0 Å². The van der Waals surface area contributed by atoms with Gasteiger partial charge in [-0.2, -0.15) is 10.4 Å². The minimum atomic E-state index is -0.561. The van der Waals surface area contributed by atoms with Gasteiger partial charge in [-0.3, -0.25) is 4.79 Å². The number of nitrogens with one attached hydrogen (secondary N) is 1. The molecule has 1 amide bonds. The highest BCUT2D eigenvalue weighted by Crippen LogP contribution is 2.52. The van der Waals surface area contributed by atoms with E-state index in [2.05, 4.69) is 16.5 Å². The molecular formula is C16H20N4O. The molecule has 2 aliphatic carbocycles. The Hall–Kier alpha value is -1.83. The molecule has 1 aliphatic heterocycles. The SMILES string of the molecule is N#CC1C(=O)Nc2c(cnn2C2CCCC2)C12CCCC2. The molecule has 4 rings (SSSR count). The van der Waals surface area contributed by atoms with Crippen molar-refractivity contribution in [1.29, 1.82) is 5.26 Å². The van der Waals surface area contributed by atoms with Gasteiger partial charge in [0, 0.05) is 11.0 Å². The van der Waals surface area contributed by atoms with Crippen molar-refractivity contribution in [2.24, 2.45) is 5.92 Å². The van der Waals surface area contributed by atoms with E-state index in [1.807, 2.05) is 10.9 Å². The number of amides is 1. The van der Waals surface area contributed by atoms with Gasteiger partial charge in [0.15, 0.2) is 0 Å². The number of anilines is 1. The van der Waals surface area contributed by atoms with Crippen LogP contribution in [-0.4, -0.2) is 15.7 Å². The molecule has 1 atom stereocenters. The summed E-state index contributed by atoms with van der Waals surface area (Å²) in [6.45, 7) is 0. The third-order valence-electron chi connectivity index (χ3n) is 5.68. The normalized spacial score (nSPS) is 27.6. The molecule has 0 bridgehead atoms. The Morgan fingerprint density at radius 1 is 1.29 bits per heavy atom. The number of carbonyl (C=O) groups is 1. The van der Waals surface area contributed by atoms with Crippen molar-refractivity contribution in [3.63, 3.8) is 0 Å². The summed E-state index contributed by atoms with van der Waals surface area (Å²) >= 11 is 0. The topological polar surface area (TPSA) is 70.7 Å². The third kappa shape index (κ3) is 1.68. The molecule has 3 aliphatic rings. The summed E-state index contributed by atoms with van der Waals surface area (Å²) in [5.74, 6) is 0.181. The van der Waals surface area contributed by atoms with Crippen LogP contribution in [0.2, 0.25) is 0 Å². The van der Waals surface area contributed by atoms with Gasteiger partial charge < -0.3 is 5.32 Å². The molecule has 1 spiro atoms. The lowest BCUT2D eigenvalue weighted by atomic mass is 9.68. The van der Waals surface area contributed by atoms with E-state index >= 15 is 0 Å². The Bertz CT molecular complexity index is 615. The van der Waals surface area contributed by atoms with E-state index in [9.17, 15) is 10.1 Å². The number of fused-ring (bicyclic) bond motifs is 2. The number of nitrogens with zero attached hydrogens (tertiary/aromatic N) is 3. The number of hydrogen-bond donors (Lipinski definition) is 1. The Balaban J connectivity index is 1.83. The van der Waals surface area contributed by atoms with Crippen molar-refractivity contribution < 1.29 is 4.79 Å². The maximum absolute atomic E-state index is 12.4. The van der Waals surface area contributed by atoms with Crippen LogP contribution in [-0.2, 0) is 10.2 Å². The van der Waals surface area contributed by atoms with Gasteiger partial charge in [0.25, 0.3) is 0 Å². The fourth-order valence-corrected chi connectivity index (χ4v) is 4.62. The number of aromatic nitrogens is 2. The molecule has 5 nitrogen and oxygen atoms in total. The van der Waals surface area contributed by atoms with E-state index in [0.29, 0.717) is 6.04 Å². The zero-order valence-electron chi connectivity index (χ0n) is 12.1. The van der Waals surface area contributed by atoms with Gasteiger partial charge in [-0.1, -0.05) is 25.7 Å². The highest BCUT2D eigenvalue weighted by atomic mass is 16.2. The number of rotatable bonds is 1. The van der Waals surface area contributed by atoms with Crippen LogP contribution in [0, 0.1) is 17.2 Å². The Morgan fingerprint density at radius 2 is 2.00 bits per heavy atom. The predicted octanol–water partition coefficient (Wildman–Crippen LogP) is 2.90. The van der Waals surface area contributed by atoms with Crippen molar-refractivity contribution in [3.8, 4) is 6.07 Å². The Kier molecular flexibility index (Phi) is 2.81. The molecule has 5 heteroatoms. The monoisotopic (exact) mass is 284 g/mol. The van der Waals surface area contributed by atoms with Crippen LogP contribution in [0.3, 0.4) is 0 Å². The molecular weight excluding hydrogens is 264 g/mol. The van der Waals surface area contributed by atoms with Crippen molar-refractivity contribution in [1.82, 2.24) is 9.78 Å². The minimum Gasteiger partial charge on any atom is -0.309 e. The summed E-state index contributed by atoms with van der Waals surface area (Å²) in [6.07, 6.45) is 10.7. The maximum Gasteiger partial charge on any atom is 0.243 e. The van der Waals surface area contributed by atoms with E-state index in [-0.39, 0.29) is 11.3 Å². The van der Waals surface area contributed by atoms with Gasteiger partial charge >= 0.3 is 0 Å². The largest absolute Gasteiger partial charge is 0.309 e. The summed E-state index contributed by atoms with van der Waals surface area (Å²) in [7, 11) is 0. The van der Waals surface area contributed by atoms with Crippen molar-refractivity contribution in [2.45, 2.75) is 62.8 Å². The van der Waals surface area contributed by atoms with Crippen LogP contribution in [0.4, 0.5) is 5.82 Å². The fraction of sp³-hybridized carbons (Fsp3) is 0.688. The first kappa shape index (κ1) is 12.9. The maximum atomic E-state index is 12.4. The molecule has 110 valence electrons. The number of hydrogen-bond acceptors (Lipinski definition) is 3. The van der Waals surface area contributed by atoms with Gasteiger partial charge in [0.1, 0.15) is 11.7 Å². The lowest BCUT2D eigenvalue weighted by Crippen LogP contribution is -2.44. The third-order valence-corrected chi connectivity index (χ3v) is 5.68. The van der Waals surface area contributed by atoms with Crippen LogP contribution >= 0.6 is 0 Å². The first-order valence-electron chi connectivity index (χ1n) is 8.05. The fourth-order valence-electron chi connectivity index (χ4n) is 4.62. The summed E-state index contributed by atoms with van der Waals surface area (Å²) in [5, 5.41) is 17.1. The molecule has 1 aromatic rings. The summed E-state index contributed by atoms with van der Waals surface area (Å²) in [6, 6.07) is 2.67. The first-order chi connectivity index (χ1) is 10.3. The lowest BCUT2D eigenvalue weighted by molar-refractivity contribution is -0.120. The molecule has 2 fully saturated rings. The second-order valence-corrected chi connectivity index (χ2v) is 6.70. The van der Waals surface area contributed by atoms with Crippen molar-refractivity contribution in [2.75, 3.05) is 5.32 Å². The zero-order valence-corrected chi connectivity index (χ0v) is 12.1. The molecule has 0 aromatic carbocycles. The van der Waals surface area contributed by atoms with E-state index < -0.39 is 5.92 Å². The second-order valence-electron chi connectivity index (χ2n) is 6.70. The summed E-state index contributed by atoms with van der Waals surface area (Å²) in [5.41, 5.74) is 0.821. The molecule has 2 heterocycles.